The molecule has 1 heterocycles. The van der Waals surface area contributed by atoms with Crippen molar-refractivity contribution in [2.45, 2.75) is 6.04 Å². The Kier molecular flexibility index (Phi) is 3.72. The van der Waals surface area contributed by atoms with Crippen LogP contribution in [-0.4, -0.2) is 14.2 Å². The fourth-order valence-corrected chi connectivity index (χ4v) is 3.60. The number of hydrogen-bond donors (Lipinski definition) is 1. The van der Waals surface area contributed by atoms with Gasteiger partial charge in [-0.25, -0.2) is 0 Å². The maximum absolute atomic E-state index is 5.47. The first-order chi connectivity index (χ1) is 9.85. The topological polar surface area (TPSA) is 21.3 Å². The van der Waals surface area contributed by atoms with Gasteiger partial charge in [-0.2, -0.15) is 0 Å². The van der Waals surface area contributed by atoms with E-state index in [0.717, 1.165) is 5.75 Å². The molecule has 2 nitrogen and oxygen atoms in total. The Morgan fingerprint density at radius 2 is 1.85 bits per heavy atom. The Balaban J connectivity index is 2.17. The molecule has 20 heavy (non-hydrogen) atoms. The molecule has 0 aliphatic carbocycles. The molecule has 0 radical (unpaired) electrons. The summed E-state index contributed by atoms with van der Waals surface area (Å²) in [6.45, 7) is 0. The van der Waals surface area contributed by atoms with Crippen LogP contribution in [0.25, 0.3) is 10.8 Å². The van der Waals surface area contributed by atoms with E-state index in [4.69, 9.17) is 4.74 Å². The standard InChI is InChI=1S/C17H17NOS/c1-18-16(17-15(19-2)10-11-20-17)14-9-5-7-12-6-3-4-8-13(12)14/h3-11,16,18H,1-2H3. The van der Waals surface area contributed by atoms with Crippen LogP contribution < -0.4 is 10.1 Å². The highest BCUT2D eigenvalue weighted by atomic mass is 32.1. The lowest BCUT2D eigenvalue weighted by atomic mass is 9.97. The second-order valence-electron chi connectivity index (χ2n) is 4.64. The van der Waals surface area contributed by atoms with Crippen molar-refractivity contribution in [1.29, 1.82) is 0 Å². The number of rotatable bonds is 4. The van der Waals surface area contributed by atoms with Gasteiger partial charge in [-0.3, -0.25) is 0 Å². The molecule has 0 aliphatic heterocycles. The van der Waals surface area contributed by atoms with Crippen molar-refractivity contribution in [2.75, 3.05) is 14.2 Å². The molecule has 1 N–H and O–H groups in total. The molecule has 0 saturated heterocycles. The molecule has 3 aromatic rings. The smallest absolute Gasteiger partial charge is 0.134 e. The van der Waals surface area contributed by atoms with Crippen LogP contribution in [0.2, 0.25) is 0 Å². The molecule has 0 bridgehead atoms. The highest BCUT2D eigenvalue weighted by Gasteiger charge is 2.19. The van der Waals surface area contributed by atoms with Gasteiger partial charge in [-0.15, -0.1) is 11.3 Å². The number of fused-ring (bicyclic) bond motifs is 1. The number of hydrogen-bond acceptors (Lipinski definition) is 3. The Hall–Kier alpha value is -1.84. The Morgan fingerprint density at radius 1 is 1.05 bits per heavy atom. The lowest BCUT2D eigenvalue weighted by molar-refractivity contribution is 0.409. The predicted molar refractivity (Wildman–Crippen MR) is 85.7 cm³/mol. The van der Waals surface area contributed by atoms with E-state index >= 15 is 0 Å². The third kappa shape index (κ3) is 2.19. The molecule has 0 fully saturated rings. The van der Waals surface area contributed by atoms with E-state index < -0.39 is 0 Å². The van der Waals surface area contributed by atoms with Crippen molar-refractivity contribution < 1.29 is 4.74 Å². The number of benzene rings is 2. The van der Waals surface area contributed by atoms with Crippen molar-refractivity contribution in [3.05, 3.63) is 64.4 Å². The van der Waals surface area contributed by atoms with Crippen molar-refractivity contribution in [2.24, 2.45) is 0 Å². The number of thiophene rings is 1. The van der Waals surface area contributed by atoms with Crippen LogP contribution in [0.3, 0.4) is 0 Å². The van der Waals surface area contributed by atoms with Crippen LogP contribution in [0.4, 0.5) is 0 Å². The largest absolute Gasteiger partial charge is 0.496 e. The number of ether oxygens (including phenoxy) is 1. The molecule has 1 unspecified atom stereocenters. The zero-order valence-corrected chi connectivity index (χ0v) is 12.4. The third-order valence-electron chi connectivity index (χ3n) is 3.56. The summed E-state index contributed by atoms with van der Waals surface area (Å²) in [5.41, 5.74) is 1.28. The summed E-state index contributed by atoms with van der Waals surface area (Å²) in [6, 6.07) is 17.1. The molecule has 0 spiro atoms. The first-order valence-electron chi connectivity index (χ1n) is 6.61. The molecule has 0 amide bonds. The van der Waals surface area contributed by atoms with E-state index in [2.05, 4.69) is 53.2 Å². The third-order valence-corrected chi connectivity index (χ3v) is 4.53. The van der Waals surface area contributed by atoms with Crippen LogP contribution in [0.5, 0.6) is 5.75 Å². The number of nitrogens with one attached hydrogen (secondary N) is 1. The minimum absolute atomic E-state index is 0.149. The molecule has 1 atom stereocenters. The Labute approximate surface area is 123 Å². The van der Waals surface area contributed by atoms with Crippen molar-refractivity contribution in [1.82, 2.24) is 5.32 Å². The summed E-state index contributed by atoms with van der Waals surface area (Å²) >= 11 is 1.72. The zero-order chi connectivity index (χ0) is 13.9. The van der Waals surface area contributed by atoms with Gasteiger partial charge in [0.2, 0.25) is 0 Å². The summed E-state index contributed by atoms with van der Waals surface area (Å²) in [6.07, 6.45) is 0. The molecule has 102 valence electrons. The van der Waals surface area contributed by atoms with Crippen LogP contribution in [0.1, 0.15) is 16.5 Å². The maximum atomic E-state index is 5.47. The predicted octanol–water partition coefficient (Wildman–Crippen LogP) is 4.22. The number of methoxy groups -OCH3 is 1. The Morgan fingerprint density at radius 3 is 2.65 bits per heavy atom. The summed E-state index contributed by atoms with van der Waals surface area (Å²) in [7, 11) is 3.72. The van der Waals surface area contributed by atoms with Gasteiger partial charge < -0.3 is 10.1 Å². The molecular formula is C17H17NOS. The highest BCUT2D eigenvalue weighted by molar-refractivity contribution is 7.10. The highest BCUT2D eigenvalue weighted by Crippen LogP contribution is 2.37. The molecule has 3 heteroatoms. The fourth-order valence-electron chi connectivity index (χ4n) is 2.62. The first-order valence-corrected chi connectivity index (χ1v) is 7.49. The fraction of sp³-hybridized carbons (Fsp3) is 0.176. The van der Waals surface area contributed by atoms with Gasteiger partial charge in [0, 0.05) is 0 Å². The molecule has 2 aromatic carbocycles. The molecular weight excluding hydrogens is 266 g/mol. The normalized spacial score (nSPS) is 12.5. The Bertz CT molecular complexity index is 714. The van der Waals surface area contributed by atoms with Gasteiger partial charge in [0.25, 0.3) is 0 Å². The second-order valence-corrected chi connectivity index (χ2v) is 5.59. The van der Waals surface area contributed by atoms with E-state index in [1.54, 1.807) is 18.4 Å². The average Bonchev–Trinajstić information content (AvgIpc) is 2.97. The van der Waals surface area contributed by atoms with Gasteiger partial charge in [-0.05, 0) is 34.8 Å². The quantitative estimate of drug-likeness (QED) is 0.774. The summed E-state index contributed by atoms with van der Waals surface area (Å²) in [5, 5.41) is 8.04. The van der Waals surface area contributed by atoms with Crippen LogP contribution in [0, 0.1) is 0 Å². The van der Waals surface area contributed by atoms with Gasteiger partial charge >= 0.3 is 0 Å². The molecule has 1 aromatic heterocycles. The zero-order valence-electron chi connectivity index (χ0n) is 11.6. The second kappa shape index (κ2) is 5.65. The SMILES string of the molecule is CNC(c1sccc1OC)c1cccc2ccccc12. The first kappa shape index (κ1) is 13.2. The van der Waals surface area contributed by atoms with Gasteiger partial charge in [-0.1, -0.05) is 42.5 Å². The van der Waals surface area contributed by atoms with Gasteiger partial charge in [0.1, 0.15) is 5.75 Å². The minimum Gasteiger partial charge on any atom is -0.496 e. The van der Waals surface area contributed by atoms with Gasteiger partial charge in [0.05, 0.1) is 18.0 Å². The molecule has 0 aliphatic rings. The van der Waals surface area contributed by atoms with Crippen molar-refractivity contribution >= 4 is 22.1 Å². The summed E-state index contributed by atoms with van der Waals surface area (Å²) in [5.74, 6) is 0.947. The van der Waals surface area contributed by atoms with E-state index in [9.17, 15) is 0 Å². The van der Waals surface area contributed by atoms with E-state index in [1.165, 1.54) is 21.2 Å². The average molecular weight is 283 g/mol. The van der Waals surface area contributed by atoms with Crippen molar-refractivity contribution in [3.63, 3.8) is 0 Å². The van der Waals surface area contributed by atoms with Gasteiger partial charge in [0.15, 0.2) is 0 Å². The van der Waals surface area contributed by atoms with E-state index in [0.29, 0.717) is 0 Å². The van der Waals surface area contributed by atoms with Crippen LogP contribution in [-0.2, 0) is 0 Å². The maximum Gasteiger partial charge on any atom is 0.134 e. The van der Waals surface area contributed by atoms with E-state index in [-0.39, 0.29) is 6.04 Å². The van der Waals surface area contributed by atoms with Crippen LogP contribution in [0.15, 0.2) is 53.9 Å². The van der Waals surface area contributed by atoms with Crippen LogP contribution >= 0.6 is 11.3 Å². The van der Waals surface area contributed by atoms with Crippen molar-refractivity contribution in [3.8, 4) is 5.75 Å². The summed E-state index contributed by atoms with van der Waals surface area (Å²) in [4.78, 5) is 1.21. The summed E-state index contributed by atoms with van der Waals surface area (Å²) < 4.78 is 5.47. The molecule has 0 saturated carbocycles. The lowest BCUT2D eigenvalue weighted by Crippen LogP contribution is -2.17. The van der Waals surface area contributed by atoms with E-state index in [1.807, 2.05) is 13.1 Å². The monoisotopic (exact) mass is 283 g/mol. The molecule has 3 rings (SSSR count). The minimum atomic E-state index is 0.149. The lowest BCUT2D eigenvalue weighted by Gasteiger charge is -2.19.